The maximum absolute atomic E-state index is 12.1. The molecule has 0 spiro atoms. The van der Waals surface area contributed by atoms with Crippen LogP contribution in [-0.2, 0) is 16.6 Å². The van der Waals surface area contributed by atoms with Crippen molar-refractivity contribution < 1.29 is 14.5 Å². The molecule has 0 saturated carbocycles. The Bertz CT molecular complexity index is 788. The highest BCUT2D eigenvalue weighted by atomic mass is 32.2. The average molecular weight is 378 g/mol. The van der Waals surface area contributed by atoms with Crippen molar-refractivity contribution in [3.63, 3.8) is 0 Å². The molecule has 1 aliphatic heterocycles. The summed E-state index contributed by atoms with van der Waals surface area (Å²) in [6, 6.07) is 5.69. The number of rotatable bonds is 6. The van der Waals surface area contributed by atoms with Crippen LogP contribution in [0.3, 0.4) is 0 Å². The zero-order valence-corrected chi connectivity index (χ0v) is 14.9. The third-order valence-corrected chi connectivity index (χ3v) is 4.82. The van der Waals surface area contributed by atoms with E-state index in [1.807, 2.05) is 11.6 Å². The fraction of sp³-hybridized carbons (Fsp3) is 0.400. The van der Waals surface area contributed by atoms with Crippen molar-refractivity contribution in [2.75, 3.05) is 42.3 Å². The second kappa shape index (κ2) is 8.15. The van der Waals surface area contributed by atoms with Crippen LogP contribution in [0, 0.1) is 10.1 Å². The Labute approximate surface area is 153 Å². The van der Waals surface area contributed by atoms with Crippen molar-refractivity contribution in [2.24, 2.45) is 7.05 Å². The molecule has 1 aliphatic rings. The largest absolute Gasteiger partial charge is 0.378 e. The molecule has 11 heteroatoms. The van der Waals surface area contributed by atoms with Gasteiger partial charge in [0.1, 0.15) is 0 Å². The van der Waals surface area contributed by atoms with Gasteiger partial charge in [0.25, 0.3) is 5.69 Å². The number of amides is 1. The van der Waals surface area contributed by atoms with Gasteiger partial charge < -0.3 is 15.0 Å². The molecular weight excluding hydrogens is 360 g/mol. The number of thioether (sulfide) groups is 1. The number of carbonyl (C=O) groups is 1. The SMILES string of the molecule is Cn1c(SCC(=O)Nc2ccc([N+](=O)[O-])cc2)nnc1N1CCOCC1. The molecular formula is C15H18N6O4S. The molecule has 0 radical (unpaired) electrons. The van der Waals surface area contributed by atoms with Crippen molar-refractivity contribution in [3.8, 4) is 0 Å². The van der Waals surface area contributed by atoms with E-state index in [1.54, 1.807) is 0 Å². The van der Waals surface area contributed by atoms with Gasteiger partial charge in [-0.05, 0) is 12.1 Å². The predicted octanol–water partition coefficient (Wildman–Crippen LogP) is 1.29. The summed E-state index contributed by atoms with van der Waals surface area (Å²) in [6.07, 6.45) is 0. The standard InChI is InChI=1S/C15H18N6O4S/c1-19-14(20-6-8-25-9-7-20)17-18-15(19)26-10-13(22)16-11-2-4-12(5-3-11)21(23)24/h2-5H,6-10H2,1H3,(H,16,22). The minimum atomic E-state index is -0.485. The van der Waals surface area contributed by atoms with E-state index in [-0.39, 0.29) is 17.3 Å². The van der Waals surface area contributed by atoms with Crippen LogP contribution < -0.4 is 10.2 Å². The van der Waals surface area contributed by atoms with Crippen LogP contribution in [-0.4, -0.2) is 57.7 Å². The van der Waals surface area contributed by atoms with E-state index in [0.717, 1.165) is 19.0 Å². The Morgan fingerprint density at radius 3 is 2.65 bits per heavy atom. The number of ether oxygens (including phenoxy) is 1. The van der Waals surface area contributed by atoms with Gasteiger partial charge in [-0.15, -0.1) is 10.2 Å². The van der Waals surface area contributed by atoms with Crippen LogP contribution in [0.25, 0.3) is 0 Å². The zero-order chi connectivity index (χ0) is 18.5. The fourth-order valence-electron chi connectivity index (χ4n) is 2.47. The van der Waals surface area contributed by atoms with E-state index in [1.165, 1.54) is 36.0 Å². The van der Waals surface area contributed by atoms with E-state index in [2.05, 4.69) is 20.4 Å². The second-order valence-electron chi connectivity index (χ2n) is 5.58. The first-order valence-electron chi connectivity index (χ1n) is 7.94. The van der Waals surface area contributed by atoms with Gasteiger partial charge in [-0.25, -0.2) is 0 Å². The first-order valence-corrected chi connectivity index (χ1v) is 8.92. The quantitative estimate of drug-likeness (QED) is 0.454. The number of hydrogen-bond acceptors (Lipinski definition) is 8. The average Bonchev–Trinajstić information content (AvgIpc) is 3.02. The highest BCUT2D eigenvalue weighted by Gasteiger charge is 2.19. The number of nitrogens with zero attached hydrogens (tertiary/aromatic N) is 5. The lowest BCUT2D eigenvalue weighted by atomic mass is 10.3. The maximum atomic E-state index is 12.1. The van der Waals surface area contributed by atoms with Gasteiger partial charge in [-0.3, -0.25) is 19.5 Å². The number of nitro benzene ring substituents is 1. The molecule has 0 bridgehead atoms. The predicted molar refractivity (Wildman–Crippen MR) is 96.5 cm³/mol. The van der Waals surface area contributed by atoms with E-state index in [4.69, 9.17) is 4.74 Å². The molecule has 1 saturated heterocycles. The zero-order valence-electron chi connectivity index (χ0n) is 14.1. The van der Waals surface area contributed by atoms with Crippen molar-refractivity contribution >= 4 is 35.0 Å². The van der Waals surface area contributed by atoms with Gasteiger partial charge in [-0.1, -0.05) is 11.8 Å². The summed E-state index contributed by atoms with van der Waals surface area (Å²) in [7, 11) is 1.86. The van der Waals surface area contributed by atoms with Crippen LogP contribution in [0.1, 0.15) is 0 Å². The van der Waals surface area contributed by atoms with Crippen LogP contribution in [0.4, 0.5) is 17.3 Å². The summed E-state index contributed by atoms with van der Waals surface area (Å²) < 4.78 is 7.19. The molecule has 3 rings (SSSR count). The summed E-state index contributed by atoms with van der Waals surface area (Å²) >= 11 is 1.28. The maximum Gasteiger partial charge on any atom is 0.269 e. The Kier molecular flexibility index (Phi) is 5.68. The highest BCUT2D eigenvalue weighted by Crippen LogP contribution is 2.21. The normalized spacial score (nSPS) is 14.3. The van der Waals surface area contributed by atoms with Gasteiger partial charge in [0.15, 0.2) is 5.16 Å². The lowest BCUT2D eigenvalue weighted by molar-refractivity contribution is -0.384. The minimum absolute atomic E-state index is 0.0212. The molecule has 1 N–H and O–H groups in total. The number of anilines is 2. The molecule has 0 aliphatic carbocycles. The number of carbonyl (C=O) groups excluding carboxylic acids is 1. The monoisotopic (exact) mass is 378 g/mol. The Morgan fingerprint density at radius 2 is 2.00 bits per heavy atom. The second-order valence-corrected chi connectivity index (χ2v) is 6.52. The third-order valence-electron chi connectivity index (χ3n) is 3.80. The lowest BCUT2D eigenvalue weighted by Gasteiger charge is -2.27. The van der Waals surface area contributed by atoms with Crippen molar-refractivity contribution in [2.45, 2.75) is 5.16 Å². The van der Waals surface area contributed by atoms with Crippen molar-refractivity contribution in [1.29, 1.82) is 0 Å². The minimum Gasteiger partial charge on any atom is -0.378 e. The molecule has 0 atom stereocenters. The topological polar surface area (TPSA) is 115 Å². The van der Waals surface area contributed by atoms with Crippen LogP contribution in [0.5, 0.6) is 0 Å². The molecule has 1 aromatic heterocycles. The van der Waals surface area contributed by atoms with Gasteiger partial charge in [0.05, 0.1) is 23.9 Å². The summed E-state index contributed by atoms with van der Waals surface area (Å²) in [5.41, 5.74) is 0.486. The number of nitro groups is 1. The summed E-state index contributed by atoms with van der Waals surface area (Å²) in [6.45, 7) is 2.84. The molecule has 2 aromatic rings. The smallest absolute Gasteiger partial charge is 0.269 e. The molecule has 10 nitrogen and oxygen atoms in total. The van der Waals surface area contributed by atoms with Crippen molar-refractivity contribution in [1.82, 2.24) is 14.8 Å². The number of hydrogen-bond donors (Lipinski definition) is 1. The molecule has 1 fully saturated rings. The third kappa shape index (κ3) is 4.29. The van der Waals surface area contributed by atoms with E-state index in [0.29, 0.717) is 24.1 Å². The molecule has 1 aromatic carbocycles. The molecule has 138 valence electrons. The first kappa shape index (κ1) is 18.1. The van der Waals surface area contributed by atoms with Gasteiger partial charge in [0.2, 0.25) is 11.9 Å². The fourth-order valence-corrected chi connectivity index (χ4v) is 3.17. The molecule has 26 heavy (non-hydrogen) atoms. The lowest BCUT2D eigenvalue weighted by Crippen LogP contribution is -2.37. The van der Waals surface area contributed by atoms with Crippen LogP contribution in [0.2, 0.25) is 0 Å². The van der Waals surface area contributed by atoms with E-state index >= 15 is 0 Å². The Hall–Kier alpha value is -2.66. The number of non-ortho nitro benzene ring substituents is 1. The Balaban J connectivity index is 1.54. The molecule has 1 amide bonds. The van der Waals surface area contributed by atoms with E-state index in [9.17, 15) is 14.9 Å². The van der Waals surface area contributed by atoms with E-state index < -0.39 is 4.92 Å². The van der Waals surface area contributed by atoms with Gasteiger partial charge in [-0.2, -0.15) is 0 Å². The molecule has 2 heterocycles. The van der Waals surface area contributed by atoms with Gasteiger partial charge >= 0.3 is 0 Å². The number of benzene rings is 1. The van der Waals surface area contributed by atoms with Crippen molar-refractivity contribution in [3.05, 3.63) is 34.4 Å². The molecule has 0 unspecified atom stereocenters. The summed E-state index contributed by atoms with van der Waals surface area (Å²) in [5, 5.41) is 22.3. The number of morpholine rings is 1. The first-order chi connectivity index (χ1) is 12.5. The summed E-state index contributed by atoms with van der Waals surface area (Å²) in [5.74, 6) is 0.692. The highest BCUT2D eigenvalue weighted by molar-refractivity contribution is 7.99. The Morgan fingerprint density at radius 1 is 1.31 bits per heavy atom. The number of nitrogens with one attached hydrogen (secondary N) is 1. The van der Waals surface area contributed by atoms with Crippen LogP contribution in [0.15, 0.2) is 29.4 Å². The summed E-state index contributed by atoms with van der Waals surface area (Å²) in [4.78, 5) is 24.3. The van der Waals surface area contributed by atoms with Crippen LogP contribution >= 0.6 is 11.8 Å². The number of aromatic nitrogens is 3. The van der Waals surface area contributed by atoms with Gasteiger partial charge in [0, 0.05) is 38.0 Å².